The molecule has 0 bridgehead atoms. The number of amides is 3. The molecule has 46 heavy (non-hydrogen) atoms. The van der Waals surface area contributed by atoms with Crippen LogP contribution in [-0.4, -0.2) is 106 Å². The quantitative estimate of drug-likeness (QED) is 0.388. The molecule has 0 spiro atoms. The van der Waals surface area contributed by atoms with Gasteiger partial charge in [-0.05, 0) is 97.9 Å². The molecule has 240 valence electrons. The summed E-state index contributed by atoms with van der Waals surface area (Å²) in [7, 11) is 6.96. The molecule has 2 N–H and O–H groups in total. The van der Waals surface area contributed by atoms with Crippen molar-refractivity contribution in [1.82, 2.24) is 40.6 Å². The van der Waals surface area contributed by atoms with Crippen molar-refractivity contribution in [3.05, 3.63) is 75.6 Å². The fourth-order valence-corrected chi connectivity index (χ4v) is 7.57. The van der Waals surface area contributed by atoms with E-state index in [1.54, 1.807) is 42.9 Å². The van der Waals surface area contributed by atoms with Crippen LogP contribution >= 0.6 is 0 Å². The number of nitrogens with zero attached hydrogens (tertiary/aromatic N) is 7. The summed E-state index contributed by atoms with van der Waals surface area (Å²) >= 11 is 0. The van der Waals surface area contributed by atoms with E-state index in [2.05, 4.69) is 32.0 Å². The first kappa shape index (κ1) is 31.4. The fourth-order valence-electron chi connectivity index (χ4n) is 7.57. The fraction of sp³-hybridized carbons (Fsp3) is 0.500. The topological polar surface area (TPSA) is 151 Å². The van der Waals surface area contributed by atoms with E-state index in [4.69, 9.17) is 0 Å². The van der Waals surface area contributed by atoms with Crippen molar-refractivity contribution >= 4 is 17.7 Å². The highest BCUT2D eigenvalue weighted by Crippen LogP contribution is 2.52. The number of nitriles is 1. The van der Waals surface area contributed by atoms with Gasteiger partial charge in [0.2, 0.25) is 5.91 Å². The van der Waals surface area contributed by atoms with Crippen LogP contribution in [0.3, 0.4) is 0 Å². The molecule has 1 unspecified atom stereocenters. The first-order valence-electron chi connectivity index (χ1n) is 16.0. The summed E-state index contributed by atoms with van der Waals surface area (Å²) in [5.74, 6) is 0.270. The molecule has 2 fully saturated rings. The van der Waals surface area contributed by atoms with E-state index in [1.165, 1.54) is 0 Å². The molecule has 12 heteroatoms. The third-order valence-electron chi connectivity index (χ3n) is 10.1. The van der Waals surface area contributed by atoms with Gasteiger partial charge >= 0.3 is 0 Å². The SMILES string of the molecule is CN(C)C(=O)c1ccc2c(c1)CCc1cc(C(=O)N(C)C)ccc1C2(CC1(NCC(=O)N2CCCC2C#N)CCC1)c1nn[nH]n1. The minimum atomic E-state index is -0.896. The van der Waals surface area contributed by atoms with Crippen LogP contribution in [0.25, 0.3) is 0 Å². The van der Waals surface area contributed by atoms with Gasteiger partial charge in [0, 0.05) is 51.4 Å². The van der Waals surface area contributed by atoms with Gasteiger partial charge in [-0.15, -0.1) is 10.2 Å². The van der Waals surface area contributed by atoms with Crippen molar-refractivity contribution in [2.75, 3.05) is 41.3 Å². The molecule has 1 atom stereocenters. The number of likely N-dealkylation sites (tertiary alicyclic amines) is 1. The number of tetrazole rings is 1. The van der Waals surface area contributed by atoms with Crippen LogP contribution in [-0.2, 0) is 23.1 Å². The van der Waals surface area contributed by atoms with E-state index in [0.717, 1.165) is 47.9 Å². The van der Waals surface area contributed by atoms with Gasteiger partial charge in [-0.3, -0.25) is 14.4 Å². The Bertz CT molecular complexity index is 1620. The Kier molecular flexibility index (Phi) is 8.37. The van der Waals surface area contributed by atoms with Crippen LogP contribution < -0.4 is 5.32 Å². The molecular formula is C34H41N9O3. The predicted molar refractivity (Wildman–Crippen MR) is 170 cm³/mol. The second-order valence-corrected chi connectivity index (χ2v) is 13.3. The first-order valence-corrected chi connectivity index (χ1v) is 16.0. The second-order valence-electron chi connectivity index (χ2n) is 13.3. The zero-order chi connectivity index (χ0) is 32.6. The van der Waals surface area contributed by atoms with E-state index < -0.39 is 11.0 Å². The lowest BCUT2D eigenvalue weighted by atomic mass is 9.60. The van der Waals surface area contributed by atoms with Crippen molar-refractivity contribution in [1.29, 1.82) is 5.26 Å². The summed E-state index contributed by atoms with van der Waals surface area (Å²) in [5, 5.41) is 29.1. The maximum Gasteiger partial charge on any atom is 0.253 e. The van der Waals surface area contributed by atoms with E-state index in [1.807, 2.05) is 36.4 Å². The third kappa shape index (κ3) is 5.42. The number of aromatic amines is 1. The average molecular weight is 624 g/mol. The number of fused-ring (bicyclic) bond motifs is 2. The van der Waals surface area contributed by atoms with Gasteiger partial charge in [-0.25, -0.2) is 0 Å². The minimum absolute atomic E-state index is 0.0655. The van der Waals surface area contributed by atoms with Crippen molar-refractivity contribution in [2.24, 2.45) is 0 Å². The molecule has 1 aliphatic heterocycles. The number of nitrogens with one attached hydrogen (secondary N) is 2. The monoisotopic (exact) mass is 623 g/mol. The molecule has 1 saturated carbocycles. The number of carbonyl (C=O) groups excluding carboxylic acids is 3. The average Bonchev–Trinajstić information content (AvgIpc) is 3.73. The molecule has 3 aromatic rings. The van der Waals surface area contributed by atoms with Crippen LogP contribution in [0.1, 0.15) is 87.3 Å². The van der Waals surface area contributed by atoms with E-state index in [-0.39, 0.29) is 30.3 Å². The zero-order valence-electron chi connectivity index (χ0n) is 27.0. The summed E-state index contributed by atoms with van der Waals surface area (Å²) < 4.78 is 0. The smallest absolute Gasteiger partial charge is 0.253 e. The molecule has 1 aromatic heterocycles. The minimum Gasteiger partial charge on any atom is -0.345 e. The molecule has 3 amide bonds. The number of aromatic nitrogens is 4. The number of aryl methyl sites for hydroxylation is 2. The molecule has 12 nitrogen and oxygen atoms in total. The van der Waals surface area contributed by atoms with Crippen molar-refractivity contribution < 1.29 is 14.4 Å². The summed E-state index contributed by atoms with van der Waals surface area (Å²) in [6.45, 7) is 0.730. The van der Waals surface area contributed by atoms with Gasteiger partial charge in [-0.1, -0.05) is 17.3 Å². The summed E-state index contributed by atoms with van der Waals surface area (Å²) in [4.78, 5) is 44.3. The van der Waals surface area contributed by atoms with Gasteiger partial charge in [0.25, 0.3) is 11.8 Å². The highest BCUT2D eigenvalue weighted by atomic mass is 16.2. The van der Waals surface area contributed by atoms with Crippen LogP contribution in [0, 0.1) is 11.3 Å². The Morgan fingerprint density at radius 1 is 0.978 bits per heavy atom. The number of rotatable bonds is 8. The highest BCUT2D eigenvalue weighted by molar-refractivity contribution is 5.95. The number of hydrogen-bond acceptors (Lipinski definition) is 8. The lowest BCUT2D eigenvalue weighted by Crippen LogP contribution is -2.58. The summed E-state index contributed by atoms with van der Waals surface area (Å²) in [6.07, 6.45) is 6.08. The van der Waals surface area contributed by atoms with E-state index in [9.17, 15) is 19.6 Å². The zero-order valence-corrected chi connectivity index (χ0v) is 27.0. The Morgan fingerprint density at radius 2 is 1.59 bits per heavy atom. The van der Waals surface area contributed by atoms with E-state index in [0.29, 0.717) is 49.2 Å². The molecule has 2 heterocycles. The molecule has 0 radical (unpaired) electrons. The Hall–Kier alpha value is -4.63. The molecule has 3 aliphatic rings. The van der Waals surface area contributed by atoms with Gasteiger partial charge < -0.3 is 20.0 Å². The number of benzene rings is 2. The van der Waals surface area contributed by atoms with Crippen LogP contribution in [0.5, 0.6) is 0 Å². The van der Waals surface area contributed by atoms with Crippen molar-refractivity contribution in [3.63, 3.8) is 0 Å². The Balaban J connectivity index is 1.48. The summed E-state index contributed by atoms with van der Waals surface area (Å²) in [5.41, 5.74) is 3.86. The van der Waals surface area contributed by atoms with Crippen LogP contribution in [0.15, 0.2) is 36.4 Å². The number of carbonyl (C=O) groups is 3. The molecule has 2 aromatic carbocycles. The molecule has 2 aliphatic carbocycles. The van der Waals surface area contributed by atoms with Gasteiger partial charge in [-0.2, -0.15) is 10.5 Å². The maximum absolute atomic E-state index is 13.4. The molecule has 6 rings (SSSR count). The van der Waals surface area contributed by atoms with Gasteiger partial charge in [0.05, 0.1) is 18.0 Å². The predicted octanol–water partition coefficient (Wildman–Crippen LogP) is 2.45. The summed E-state index contributed by atoms with van der Waals surface area (Å²) in [6, 6.07) is 13.6. The van der Waals surface area contributed by atoms with Crippen LogP contribution in [0.2, 0.25) is 0 Å². The Labute approximate surface area is 269 Å². The second kappa shape index (κ2) is 12.3. The maximum atomic E-state index is 13.4. The first-order chi connectivity index (χ1) is 22.1. The Morgan fingerprint density at radius 3 is 2.07 bits per heavy atom. The van der Waals surface area contributed by atoms with Crippen molar-refractivity contribution in [3.8, 4) is 6.07 Å². The highest BCUT2D eigenvalue weighted by Gasteiger charge is 2.52. The lowest BCUT2D eigenvalue weighted by Gasteiger charge is -2.49. The lowest BCUT2D eigenvalue weighted by molar-refractivity contribution is -0.130. The molecule has 1 saturated heterocycles. The van der Waals surface area contributed by atoms with Crippen molar-refractivity contribution in [2.45, 2.75) is 68.4 Å². The number of hydrogen-bond donors (Lipinski definition) is 2. The standard InChI is InChI=1S/C34H41N9O3/c1-41(2)30(45)24-10-12-27-22(17-24)8-9-23-18-25(31(46)42(3)4)11-13-28(23)34(27,32-37-39-40-38-32)21-33(14-6-15-33)36-20-29(44)43-16-5-7-26(43)19-35/h10-13,17-18,26,36H,5-9,14-16,20-21H2,1-4H3,(H,37,38,39,40). The van der Waals surface area contributed by atoms with E-state index >= 15 is 0 Å². The largest absolute Gasteiger partial charge is 0.345 e. The molecular weight excluding hydrogens is 582 g/mol. The third-order valence-corrected chi connectivity index (χ3v) is 10.1. The van der Waals surface area contributed by atoms with Crippen LogP contribution in [0.4, 0.5) is 0 Å². The number of H-pyrrole nitrogens is 1. The van der Waals surface area contributed by atoms with Gasteiger partial charge in [0.15, 0.2) is 5.82 Å². The van der Waals surface area contributed by atoms with Gasteiger partial charge in [0.1, 0.15) is 6.04 Å². The normalized spacial score (nSPS) is 19.2.